The van der Waals surface area contributed by atoms with Crippen LogP contribution in [-0.2, 0) is 0 Å². The number of aromatic nitrogens is 2. The molecule has 2 aliphatic heterocycles. The summed E-state index contributed by atoms with van der Waals surface area (Å²) < 4.78 is 2.36. The van der Waals surface area contributed by atoms with Crippen molar-refractivity contribution >= 4 is 23.5 Å². The molecule has 0 amide bonds. The van der Waals surface area contributed by atoms with Crippen LogP contribution < -0.4 is 0 Å². The van der Waals surface area contributed by atoms with E-state index in [9.17, 15) is 0 Å². The summed E-state index contributed by atoms with van der Waals surface area (Å²) in [7, 11) is 1.99. The molecular weight excluding hydrogens is 348 g/mol. The van der Waals surface area contributed by atoms with E-state index in [1.165, 1.54) is 24.0 Å². The molecular formula is C22H19N6+. The number of fused-ring (bicyclic) bond motifs is 2. The largest absolute Gasteiger partial charge is 0.306 e. The van der Waals surface area contributed by atoms with Crippen molar-refractivity contribution in [3.05, 3.63) is 72.3 Å². The van der Waals surface area contributed by atoms with E-state index >= 15 is 0 Å². The number of aliphatic imine (C=N–C) groups is 2. The summed E-state index contributed by atoms with van der Waals surface area (Å²) in [6, 6.07) is 12.9. The maximum absolute atomic E-state index is 4.86. The van der Waals surface area contributed by atoms with Gasteiger partial charge in [0.25, 0.3) is 5.84 Å². The molecule has 0 bridgehead atoms. The second-order valence-electron chi connectivity index (χ2n) is 7.70. The van der Waals surface area contributed by atoms with E-state index in [0.29, 0.717) is 10.4 Å². The zero-order chi connectivity index (χ0) is 18.7. The zero-order valence-corrected chi connectivity index (χ0v) is 15.5. The predicted molar refractivity (Wildman–Crippen MR) is 110 cm³/mol. The first-order valence-electron chi connectivity index (χ1n) is 9.54. The van der Waals surface area contributed by atoms with Crippen LogP contribution in [0.15, 0.2) is 76.3 Å². The molecule has 6 heteroatoms. The number of amidine groups is 2. The molecule has 6 rings (SSSR count). The monoisotopic (exact) mass is 367 g/mol. The molecule has 136 valence electrons. The van der Waals surface area contributed by atoms with Crippen LogP contribution in [0.5, 0.6) is 0 Å². The highest BCUT2D eigenvalue weighted by Gasteiger charge is 2.35. The molecule has 1 fully saturated rings. The number of benzene rings is 1. The third-order valence-electron chi connectivity index (χ3n) is 5.57. The highest BCUT2D eigenvalue weighted by atomic mass is 15.7. The number of quaternary nitrogens is 1. The molecule has 0 spiro atoms. The SMILES string of the molecule is C[N+]12C=CN=CC1=NC(c1ccn3cc(-c4cccc(C5CC5)c4)nc3c1)=N2. The van der Waals surface area contributed by atoms with Gasteiger partial charge in [-0.15, -0.1) is 4.59 Å². The predicted octanol–water partition coefficient (Wildman–Crippen LogP) is 3.95. The lowest BCUT2D eigenvalue weighted by molar-refractivity contribution is -0.767. The Hall–Kier alpha value is -3.38. The summed E-state index contributed by atoms with van der Waals surface area (Å²) in [6.07, 6.45) is 12.2. The molecule has 1 aromatic carbocycles. The number of pyridine rings is 1. The molecule has 28 heavy (non-hydrogen) atoms. The van der Waals surface area contributed by atoms with Crippen molar-refractivity contribution in [2.24, 2.45) is 15.1 Å². The van der Waals surface area contributed by atoms with Crippen molar-refractivity contribution in [2.75, 3.05) is 7.05 Å². The molecule has 6 nitrogen and oxygen atoms in total. The van der Waals surface area contributed by atoms with E-state index in [-0.39, 0.29) is 0 Å². The van der Waals surface area contributed by atoms with Crippen LogP contribution in [-0.4, -0.2) is 38.9 Å². The quantitative estimate of drug-likeness (QED) is 0.647. The van der Waals surface area contributed by atoms with Gasteiger partial charge in [0.15, 0.2) is 0 Å². The first kappa shape index (κ1) is 15.7. The van der Waals surface area contributed by atoms with Crippen molar-refractivity contribution in [3.8, 4) is 11.3 Å². The maximum Gasteiger partial charge on any atom is 0.279 e. The average Bonchev–Trinajstić information content (AvgIpc) is 3.37. The van der Waals surface area contributed by atoms with E-state index in [0.717, 1.165) is 28.7 Å². The summed E-state index contributed by atoms with van der Waals surface area (Å²) in [4.78, 5) is 13.7. The lowest BCUT2D eigenvalue weighted by Gasteiger charge is -2.18. The van der Waals surface area contributed by atoms with Crippen molar-refractivity contribution in [1.29, 1.82) is 0 Å². The minimum atomic E-state index is 0.303. The molecule has 3 aliphatic rings. The van der Waals surface area contributed by atoms with Crippen LogP contribution in [0, 0.1) is 0 Å². The Morgan fingerprint density at radius 2 is 2.04 bits per heavy atom. The van der Waals surface area contributed by atoms with E-state index in [1.54, 1.807) is 12.4 Å². The molecule has 0 N–H and O–H groups in total. The van der Waals surface area contributed by atoms with Gasteiger partial charge in [0.2, 0.25) is 5.84 Å². The van der Waals surface area contributed by atoms with E-state index < -0.39 is 0 Å². The molecule has 1 aliphatic carbocycles. The third-order valence-corrected chi connectivity index (χ3v) is 5.57. The van der Waals surface area contributed by atoms with Gasteiger partial charge in [-0.25, -0.2) is 4.98 Å². The molecule has 1 atom stereocenters. The van der Waals surface area contributed by atoms with Crippen molar-refractivity contribution in [2.45, 2.75) is 18.8 Å². The van der Waals surface area contributed by atoms with Crippen LogP contribution in [0.1, 0.15) is 29.9 Å². The fourth-order valence-electron chi connectivity index (χ4n) is 3.76. The van der Waals surface area contributed by atoms with Crippen LogP contribution in [0.4, 0.5) is 0 Å². The average molecular weight is 367 g/mol. The smallest absolute Gasteiger partial charge is 0.279 e. The highest BCUT2D eigenvalue weighted by Crippen LogP contribution is 2.41. The lowest BCUT2D eigenvalue weighted by Crippen LogP contribution is -2.38. The van der Waals surface area contributed by atoms with E-state index in [4.69, 9.17) is 10.1 Å². The minimum Gasteiger partial charge on any atom is -0.306 e. The van der Waals surface area contributed by atoms with Gasteiger partial charge in [0.1, 0.15) is 25.1 Å². The minimum absolute atomic E-state index is 0.303. The van der Waals surface area contributed by atoms with Crippen molar-refractivity contribution in [3.63, 3.8) is 0 Å². The van der Waals surface area contributed by atoms with Crippen LogP contribution in [0.2, 0.25) is 0 Å². The molecule has 0 saturated heterocycles. The fraction of sp³-hybridized carbons (Fsp3) is 0.182. The van der Waals surface area contributed by atoms with Crippen molar-refractivity contribution in [1.82, 2.24) is 9.38 Å². The third kappa shape index (κ3) is 2.46. The van der Waals surface area contributed by atoms with Gasteiger partial charge in [-0.2, -0.15) is 4.99 Å². The number of nitrogens with zero attached hydrogens (tertiary/aromatic N) is 6. The molecule has 0 radical (unpaired) electrons. The lowest BCUT2D eigenvalue weighted by atomic mass is 10.1. The number of hydrogen-bond donors (Lipinski definition) is 0. The Kier molecular flexibility index (Phi) is 3.11. The summed E-state index contributed by atoms with van der Waals surface area (Å²) >= 11 is 0. The second kappa shape index (κ2) is 5.56. The van der Waals surface area contributed by atoms with Gasteiger partial charge >= 0.3 is 0 Å². The summed E-state index contributed by atoms with van der Waals surface area (Å²) in [6.45, 7) is 0. The maximum atomic E-state index is 4.86. The van der Waals surface area contributed by atoms with Crippen molar-refractivity contribution < 1.29 is 4.59 Å². The standard InChI is InChI=1S/C22H19N6/c1-28-10-8-23-13-21(28)25-22(26-28)18-7-9-27-14-19(24-20(27)12-18)17-4-2-3-16(11-17)15-5-6-15/h2-4,7-15H,5-6H2,1H3/q+1. The molecule has 3 aromatic rings. The number of imidazole rings is 1. The number of hydrogen-bond acceptors (Lipinski definition) is 4. The highest BCUT2D eigenvalue weighted by molar-refractivity contribution is 6.31. The Bertz CT molecular complexity index is 1240. The Morgan fingerprint density at radius 1 is 1.11 bits per heavy atom. The molecule has 1 unspecified atom stereocenters. The van der Waals surface area contributed by atoms with Gasteiger partial charge in [-0.3, -0.25) is 4.99 Å². The van der Waals surface area contributed by atoms with Gasteiger partial charge in [-0.1, -0.05) is 18.2 Å². The first-order chi connectivity index (χ1) is 13.7. The Labute approximate surface area is 162 Å². The Morgan fingerprint density at radius 3 is 2.89 bits per heavy atom. The van der Waals surface area contributed by atoms with Crippen LogP contribution in [0.3, 0.4) is 0 Å². The molecule has 2 aromatic heterocycles. The fourth-order valence-corrected chi connectivity index (χ4v) is 3.76. The second-order valence-corrected chi connectivity index (χ2v) is 7.70. The van der Waals surface area contributed by atoms with Gasteiger partial charge in [0, 0.05) is 23.5 Å². The molecule has 4 heterocycles. The normalized spacial score (nSPS) is 23.0. The molecule has 1 saturated carbocycles. The van der Waals surface area contributed by atoms with Crippen LogP contribution >= 0.6 is 0 Å². The number of rotatable bonds is 3. The summed E-state index contributed by atoms with van der Waals surface area (Å²) in [5.74, 6) is 2.26. The topological polar surface area (TPSA) is 54.4 Å². The van der Waals surface area contributed by atoms with Crippen LogP contribution in [0.25, 0.3) is 16.9 Å². The first-order valence-corrected chi connectivity index (χ1v) is 9.54. The zero-order valence-electron chi connectivity index (χ0n) is 15.5. The summed E-state index contributed by atoms with van der Waals surface area (Å²) in [5, 5.41) is 4.76. The van der Waals surface area contributed by atoms with Gasteiger partial charge in [-0.05, 0) is 47.6 Å². The summed E-state index contributed by atoms with van der Waals surface area (Å²) in [5.41, 5.74) is 5.44. The Balaban J connectivity index is 1.39. The van der Waals surface area contributed by atoms with E-state index in [2.05, 4.69) is 44.8 Å². The van der Waals surface area contributed by atoms with E-state index in [1.807, 2.05) is 31.6 Å². The van der Waals surface area contributed by atoms with Gasteiger partial charge < -0.3 is 4.40 Å². The van der Waals surface area contributed by atoms with Gasteiger partial charge in [0.05, 0.1) is 11.9 Å².